The van der Waals surface area contributed by atoms with E-state index in [1.165, 1.54) is 28.9 Å². The third-order valence-electron chi connectivity index (χ3n) is 4.29. The lowest BCUT2D eigenvalue weighted by Crippen LogP contribution is -2.14. The minimum absolute atomic E-state index is 0.752. The van der Waals surface area contributed by atoms with Gasteiger partial charge in [0.2, 0.25) is 0 Å². The van der Waals surface area contributed by atoms with Crippen molar-refractivity contribution >= 4 is 22.9 Å². The lowest BCUT2D eigenvalue weighted by molar-refractivity contribution is 0.169. The Morgan fingerprint density at radius 3 is 2.48 bits per heavy atom. The highest BCUT2D eigenvalue weighted by Gasteiger charge is 2.37. The Morgan fingerprint density at radius 2 is 1.76 bits per heavy atom. The van der Waals surface area contributed by atoms with E-state index >= 15 is 0 Å². The molecule has 0 N–H and O–H groups in total. The standard InChI is InChI=1S/C15H18N2OS.C2H6/c1-16-8-15(13-4-2-3-5-14(13)16)19-17-6-11-9-18-10-12(11)7-17;1-2/h2-5,8,11-12H,6-7,9-10H2,1H3;1-2H3. The van der Waals surface area contributed by atoms with E-state index < -0.39 is 0 Å². The van der Waals surface area contributed by atoms with Crippen molar-refractivity contribution in [3.05, 3.63) is 30.5 Å². The van der Waals surface area contributed by atoms with Gasteiger partial charge in [0.15, 0.2) is 0 Å². The predicted octanol–water partition coefficient (Wildman–Crippen LogP) is 3.79. The summed E-state index contributed by atoms with van der Waals surface area (Å²) >= 11 is 1.92. The van der Waals surface area contributed by atoms with Crippen LogP contribution in [0.1, 0.15) is 13.8 Å². The molecule has 114 valence electrons. The second kappa shape index (κ2) is 6.42. The molecule has 3 nitrogen and oxygen atoms in total. The van der Waals surface area contributed by atoms with Crippen molar-refractivity contribution in [3.8, 4) is 0 Å². The molecule has 0 amide bonds. The van der Waals surface area contributed by atoms with Crippen LogP contribution in [0.15, 0.2) is 35.4 Å². The molecular weight excluding hydrogens is 280 g/mol. The van der Waals surface area contributed by atoms with Crippen LogP contribution in [0, 0.1) is 11.8 Å². The summed E-state index contributed by atoms with van der Waals surface area (Å²) in [5, 5.41) is 1.36. The van der Waals surface area contributed by atoms with Gasteiger partial charge < -0.3 is 9.30 Å². The third kappa shape index (κ3) is 2.85. The Labute approximate surface area is 131 Å². The lowest BCUT2D eigenvalue weighted by atomic mass is 10.0. The van der Waals surface area contributed by atoms with Crippen LogP contribution in [-0.2, 0) is 11.8 Å². The molecule has 0 bridgehead atoms. The van der Waals surface area contributed by atoms with E-state index in [0.29, 0.717) is 0 Å². The highest BCUT2D eigenvalue weighted by atomic mass is 32.2. The van der Waals surface area contributed by atoms with E-state index in [1.807, 2.05) is 25.8 Å². The zero-order valence-electron chi connectivity index (χ0n) is 13.1. The van der Waals surface area contributed by atoms with Gasteiger partial charge in [-0.25, -0.2) is 4.31 Å². The molecule has 0 aliphatic carbocycles. The monoisotopic (exact) mass is 304 g/mol. The highest BCUT2D eigenvalue weighted by molar-refractivity contribution is 7.97. The molecule has 1 aromatic heterocycles. The van der Waals surface area contributed by atoms with Crippen LogP contribution in [0.25, 0.3) is 10.9 Å². The molecule has 2 fully saturated rings. The fourth-order valence-electron chi connectivity index (χ4n) is 3.24. The molecule has 4 heteroatoms. The summed E-state index contributed by atoms with van der Waals surface area (Å²) in [6.07, 6.45) is 2.25. The summed E-state index contributed by atoms with van der Waals surface area (Å²) in [5.41, 5.74) is 1.31. The number of hydrogen-bond acceptors (Lipinski definition) is 3. The van der Waals surface area contributed by atoms with Gasteiger partial charge in [0.05, 0.1) is 13.2 Å². The van der Waals surface area contributed by atoms with E-state index in [-0.39, 0.29) is 0 Å². The van der Waals surface area contributed by atoms with Crippen LogP contribution >= 0.6 is 11.9 Å². The number of fused-ring (bicyclic) bond motifs is 2. The van der Waals surface area contributed by atoms with Gasteiger partial charge in [-0.3, -0.25) is 0 Å². The molecule has 1 aromatic carbocycles. The fraction of sp³-hybridized carbons (Fsp3) is 0.529. The molecule has 0 saturated carbocycles. The zero-order chi connectivity index (χ0) is 14.8. The van der Waals surface area contributed by atoms with Crippen LogP contribution < -0.4 is 0 Å². The van der Waals surface area contributed by atoms with Gasteiger partial charge in [-0.15, -0.1) is 0 Å². The summed E-state index contributed by atoms with van der Waals surface area (Å²) in [5.74, 6) is 1.50. The van der Waals surface area contributed by atoms with Crippen molar-refractivity contribution in [2.24, 2.45) is 18.9 Å². The Balaban J connectivity index is 0.000000636. The van der Waals surface area contributed by atoms with Crippen LogP contribution in [0.3, 0.4) is 0 Å². The Hall–Kier alpha value is -0.970. The number of aryl methyl sites for hydroxylation is 1. The van der Waals surface area contributed by atoms with Crippen molar-refractivity contribution in [2.75, 3.05) is 26.3 Å². The molecule has 2 unspecified atom stereocenters. The van der Waals surface area contributed by atoms with Gasteiger partial charge in [0.1, 0.15) is 0 Å². The van der Waals surface area contributed by atoms with E-state index in [2.05, 4.69) is 46.4 Å². The average molecular weight is 304 g/mol. The fourth-order valence-corrected chi connectivity index (χ4v) is 4.52. The quantitative estimate of drug-likeness (QED) is 0.786. The molecule has 2 saturated heterocycles. The summed E-state index contributed by atoms with van der Waals surface area (Å²) < 4.78 is 10.3. The first-order chi connectivity index (χ1) is 10.3. The third-order valence-corrected chi connectivity index (χ3v) is 5.37. The van der Waals surface area contributed by atoms with Crippen LogP contribution in [-0.4, -0.2) is 35.2 Å². The van der Waals surface area contributed by atoms with Gasteiger partial charge in [-0.05, 0) is 18.0 Å². The summed E-state index contributed by atoms with van der Waals surface area (Å²) in [6.45, 7) is 8.24. The van der Waals surface area contributed by atoms with Gasteiger partial charge >= 0.3 is 0 Å². The number of ether oxygens (including phenoxy) is 1. The molecule has 0 spiro atoms. The molecule has 0 radical (unpaired) electrons. The van der Waals surface area contributed by atoms with E-state index in [0.717, 1.165) is 25.0 Å². The molecule has 2 aliphatic rings. The van der Waals surface area contributed by atoms with Crippen molar-refractivity contribution in [1.82, 2.24) is 8.87 Å². The summed E-state index contributed by atoms with van der Waals surface area (Å²) in [4.78, 5) is 1.37. The average Bonchev–Trinajstić information content (AvgIpc) is 3.17. The Kier molecular flexibility index (Phi) is 4.57. The number of rotatable bonds is 2. The molecule has 2 atom stereocenters. The van der Waals surface area contributed by atoms with E-state index in [1.54, 1.807) is 0 Å². The van der Waals surface area contributed by atoms with Crippen molar-refractivity contribution < 1.29 is 4.74 Å². The van der Waals surface area contributed by atoms with Gasteiger partial charge in [-0.1, -0.05) is 32.0 Å². The van der Waals surface area contributed by atoms with Crippen molar-refractivity contribution in [2.45, 2.75) is 18.7 Å². The highest BCUT2D eigenvalue weighted by Crippen LogP contribution is 2.38. The van der Waals surface area contributed by atoms with Crippen LogP contribution in [0.5, 0.6) is 0 Å². The molecule has 4 rings (SSSR count). The SMILES string of the molecule is CC.Cn1cc(SN2CC3COCC3C2)c2ccccc21. The van der Waals surface area contributed by atoms with E-state index in [4.69, 9.17) is 4.74 Å². The number of hydrogen-bond donors (Lipinski definition) is 0. The largest absolute Gasteiger partial charge is 0.381 e. The van der Waals surface area contributed by atoms with Gasteiger partial charge in [0.25, 0.3) is 0 Å². The second-order valence-corrected chi connectivity index (χ2v) is 6.76. The first kappa shape index (κ1) is 14.9. The van der Waals surface area contributed by atoms with E-state index in [9.17, 15) is 0 Å². The van der Waals surface area contributed by atoms with Crippen molar-refractivity contribution in [1.29, 1.82) is 0 Å². The van der Waals surface area contributed by atoms with Crippen molar-refractivity contribution in [3.63, 3.8) is 0 Å². The topological polar surface area (TPSA) is 17.4 Å². The maximum Gasteiger partial charge on any atom is 0.0511 e. The maximum atomic E-state index is 5.54. The summed E-state index contributed by atoms with van der Waals surface area (Å²) in [7, 11) is 2.12. The zero-order valence-corrected chi connectivity index (χ0v) is 13.9. The summed E-state index contributed by atoms with van der Waals surface area (Å²) in [6, 6.07) is 8.64. The van der Waals surface area contributed by atoms with Gasteiger partial charge in [0, 0.05) is 54.0 Å². The van der Waals surface area contributed by atoms with Crippen LogP contribution in [0.4, 0.5) is 0 Å². The van der Waals surface area contributed by atoms with Gasteiger partial charge in [-0.2, -0.15) is 0 Å². The normalized spacial score (nSPS) is 24.9. The maximum absolute atomic E-state index is 5.54. The minimum atomic E-state index is 0.752. The first-order valence-corrected chi connectivity index (χ1v) is 8.63. The Morgan fingerprint density at radius 1 is 1.10 bits per heavy atom. The number of para-hydroxylation sites is 1. The second-order valence-electron chi connectivity index (χ2n) is 5.62. The minimum Gasteiger partial charge on any atom is -0.381 e. The molecule has 21 heavy (non-hydrogen) atoms. The Bertz CT molecular complexity index is 598. The molecule has 2 aromatic rings. The number of aromatic nitrogens is 1. The first-order valence-electron chi connectivity index (χ1n) is 7.86. The molecule has 2 aliphatic heterocycles. The molecular formula is C17H24N2OS. The molecule has 3 heterocycles. The number of benzene rings is 1. The number of nitrogens with zero attached hydrogens (tertiary/aromatic N) is 2. The van der Waals surface area contributed by atoms with Crippen LogP contribution in [0.2, 0.25) is 0 Å². The smallest absolute Gasteiger partial charge is 0.0511 e. The lowest BCUT2D eigenvalue weighted by Gasteiger charge is -2.14. The predicted molar refractivity (Wildman–Crippen MR) is 89.5 cm³/mol.